The van der Waals surface area contributed by atoms with Crippen LogP contribution in [-0.2, 0) is 0 Å². The summed E-state index contributed by atoms with van der Waals surface area (Å²) in [6.07, 6.45) is 1.42. The molecule has 0 aliphatic heterocycles. The lowest BCUT2D eigenvalue weighted by atomic mass is 10.2. The molecule has 17 heavy (non-hydrogen) atoms. The average molecular weight is 250 g/mol. The van der Waals surface area contributed by atoms with Crippen molar-refractivity contribution in [2.75, 3.05) is 11.2 Å². The van der Waals surface area contributed by atoms with E-state index in [2.05, 4.69) is 15.5 Å². The maximum absolute atomic E-state index is 9.48. The highest BCUT2D eigenvalue weighted by atomic mass is 32.1. The van der Waals surface area contributed by atoms with E-state index in [0.717, 1.165) is 0 Å². The molecule has 2 aromatic rings. The molecule has 5 N–H and O–H groups in total. The summed E-state index contributed by atoms with van der Waals surface area (Å²) in [5.74, 6) is 0.384. The highest BCUT2D eigenvalue weighted by Gasteiger charge is 1.99. The number of hydrogen-bond acceptors (Lipinski definition) is 7. The van der Waals surface area contributed by atoms with Crippen molar-refractivity contribution in [2.24, 2.45) is 5.10 Å². The first kappa shape index (κ1) is 11.2. The minimum atomic E-state index is -0.0470. The molecule has 1 aromatic heterocycles. The number of phenolic OH excluding ortho intramolecular Hbond substituents is 2. The van der Waals surface area contributed by atoms with Crippen molar-refractivity contribution in [3.05, 3.63) is 29.1 Å². The summed E-state index contributed by atoms with van der Waals surface area (Å²) in [7, 11) is 0. The van der Waals surface area contributed by atoms with Gasteiger partial charge in [0.15, 0.2) is 0 Å². The fourth-order valence-corrected chi connectivity index (χ4v) is 1.68. The minimum Gasteiger partial charge on any atom is -0.508 e. The van der Waals surface area contributed by atoms with E-state index in [9.17, 15) is 5.11 Å². The molecule has 0 saturated heterocycles. The van der Waals surface area contributed by atoms with Crippen LogP contribution in [0.4, 0.5) is 10.9 Å². The molecular formula is C10H10N4O2S. The van der Waals surface area contributed by atoms with Crippen molar-refractivity contribution >= 4 is 28.5 Å². The Kier molecular flexibility index (Phi) is 3.10. The number of hydrogen-bond donors (Lipinski definition) is 4. The number of nitrogen functional groups attached to an aromatic ring is 1. The van der Waals surface area contributed by atoms with Gasteiger partial charge in [0, 0.05) is 17.0 Å². The number of rotatable bonds is 3. The predicted octanol–water partition coefficient (Wildman–Crippen LogP) is 1.58. The van der Waals surface area contributed by atoms with Crippen molar-refractivity contribution in [1.82, 2.24) is 4.98 Å². The van der Waals surface area contributed by atoms with Crippen LogP contribution >= 0.6 is 11.3 Å². The molecule has 1 heterocycles. The largest absolute Gasteiger partial charge is 0.508 e. The Balaban J connectivity index is 2.05. The fraction of sp³-hybridized carbons (Fsp3) is 0. The van der Waals surface area contributed by atoms with E-state index in [1.165, 1.54) is 29.7 Å². The van der Waals surface area contributed by atoms with E-state index in [0.29, 0.717) is 16.5 Å². The van der Waals surface area contributed by atoms with Crippen LogP contribution in [0, 0.1) is 0 Å². The molecule has 0 saturated carbocycles. The second-order valence-electron chi connectivity index (χ2n) is 3.19. The van der Waals surface area contributed by atoms with Crippen LogP contribution in [0.3, 0.4) is 0 Å². The van der Waals surface area contributed by atoms with Gasteiger partial charge in [0.2, 0.25) is 5.13 Å². The van der Waals surface area contributed by atoms with Crippen molar-refractivity contribution in [3.8, 4) is 11.5 Å². The first-order valence-electron chi connectivity index (χ1n) is 4.67. The summed E-state index contributed by atoms with van der Waals surface area (Å²) < 4.78 is 0. The number of aromatic hydroxyl groups is 2. The van der Waals surface area contributed by atoms with Gasteiger partial charge in [-0.25, -0.2) is 4.98 Å². The van der Waals surface area contributed by atoms with Crippen LogP contribution in [0.1, 0.15) is 5.56 Å². The number of nitrogens with one attached hydrogen (secondary N) is 1. The smallest absolute Gasteiger partial charge is 0.205 e. The normalized spacial score (nSPS) is 10.8. The van der Waals surface area contributed by atoms with Crippen LogP contribution in [0.2, 0.25) is 0 Å². The molecule has 0 spiro atoms. The molecule has 6 nitrogen and oxygen atoms in total. The second-order valence-corrected chi connectivity index (χ2v) is 4.05. The third-order valence-corrected chi connectivity index (χ3v) is 2.66. The Morgan fingerprint density at radius 1 is 1.41 bits per heavy atom. The maximum Gasteiger partial charge on any atom is 0.205 e. The van der Waals surface area contributed by atoms with Gasteiger partial charge in [-0.05, 0) is 12.1 Å². The molecule has 2 rings (SSSR count). The predicted molar refractivity (Wildman–Crippen MR) is 67.5 cm³/mol. The molecule has 7 heteroatoms. The first-order chi connectivity index (χ1) is 8.15. The van der Waals surface area contributed by atoms with Gasteiger partial charge in [0.05, 0.1) is 6.21 Å². The minimum absolute atomic E-state index is 0.000284. The zero-order valence-corrected chi connectivity index (χ0v) is 9.48. The first-order valence-corrected chi connectivity index (χ1v) is 5.55. The Morgan fingerprint density at radius 3 is 2.88 bits per heavy atom. The van der Waals surface area contributed by atoms with Gasteiger partial charge in [-0.1, -0.05) is 0 Å². The molecule has 0 radical (unpaired) electrons. The third-order valence-electron chi connectivity index (χ3n) is 1.90. The molecular weight excluding hydrogens is 240 g/mol. The highest BCUT2D eigenvalue weighted by Crippen LogP contribution is 2.21. The van der Waals surface area contributed by atoms with E-state index in [1.807, 2.05) is 0 Å². The van der Waals surface area contributed by atoms with E-state index in [4.69, 9.17) is 10.8 Å². The van der Waals surface area contributed by atoms with Crippen LogP contribution in [0.5, 0.6) is 11.5 Å². The van der Waals surface area contributed by atoms with Gasteiger partial charge < -0.3 is 15.9 Å². The third kappa shape index (κ3) is 2.85. The lowest BCUT2D eigenvalue weighted by Crippen LogP contribution is -1.91. The van der Waals surface area contributed by atoms with Gasteiger partial charge >= 0.3 is 0 Å². The van der Waals surface area contributed by atoms with E-state index in [-0.39, 0.29) is 11.5 Å². The van der Waals surface area contributed by atoms with Crippen molar-refractivity contribution < 1.29 is 10.2 Å². The van der Waals surface area contributed by atoms with Crippen LogP contribution < -0.4 is 11.2 Å². The van der Waals surface area contributed by atoms with Gasteiger partial charge in [-0.2, -0.15) is 5.10 Å². The molecule has 1 aromatic carbocycles. The average Bonchev–Trinajstić information content (AvgIpc) is 2.68. The number of nitrogens with zero attached hydrogens (tertiary/aromatic N) is 2. The van der Waals surface area contributed by atoms with Gasteiger partial charge in [-0.3, -0.25) is 5.43 Å². The van der Waals surface area contributed by atoms with E-state index < -0.39 is 0 Å². The summed E-state index contributed by atoms with van der Waals surface area (Å²) in [6.45, 7) is 0. The molecule has 88 valence electrons. The van der Waals surface area contributed by atoms with Crippen molar-refractivity contribution in [3.63, 3.8) is 0 Å². The van der Waals surface area contributed by atoms with Crippen LogP contribution in [-0.4, -0.2) is 21.4 Å². The number of benzene rings is 1. The lowest BCUT2D eigenvalue weighted by molar-refractivity contribution is 0.450. The monoisotopic (exact) mass is 250 g/mol. The molecule has 0 unspecified atom stereocenters. The summed E-state index contributed by atoms with van der Waals surface area (Å²) in [5, 5.41) is 24.7. The SMILES string of the molecule is Nc1csc(NN=Cc2ccc(O)cc2O)n1. The molecule has 0 aliphatic rings. The molecule has 0 aliphatic carbocycles. The lowest BCUT2D eigenvalue weighted by Gasteiger charge is -1.99. The van der Waals surface area contributed by atoms with Gasteiger partial charge in [0.25, 0.3) is 0 Å². The molecule has 0 atom stereocenters. The number of phenols is 2. The Hall–Kier alpha value is -2.28. The van der Waals surface area contributed by atoms with Crippen molar-refractivity contribution in [1.29, 1.82) is 0 Å². The highest BCUT2D eigenvalue weighted by molar-refractivity contribution is 7.14. The summed E-state index contributed by atoms with van der Waals surface area (Å²) in [6, 6.07) is 4.25. The number of nitrogens with two attached hydrogens (primary N) is 1. The summed E-state index contributed by atoms with van der Waals surface area (Å²) in [4.78, 5) is 3.95. The quantitative estimate of drug-likeness (QED) is 0.489. The van der Waals surface area contributed by atoms with Crippen molar-refractivity contribution in [2.45, 2.75) is 0 Å². The second kappa shape index (κ2) is 4.71. The Bertz CT molecular complexity index is 553. The Labute approximate surface area is 101 Å². The number of hydrazone groups is 1. The zero-order valence-electron chi connectivity index (χ0n) is 8.66. The van der Waals surface area contributed by atoms with Crippen LogP contribution in [0.25, 0.3) is 0 Å². The van der Waals surface area contributed by atoms with E-state index >= 15 is 0 Å². The zero-order chi connectivity index (χ0) is 12.3. The van der Waals surface area contributed by atoms with Gasteiger partial charge in [-0.15, -0.1) is 11.3 Å². The number of anilines is 2. The standard InChI is InChI=1S/C10H10N4O2S/c11-9-5-17-10(13-9)14-12-4-6-1-2-7(15)3-8(6)16/h1-5,15-16H,11H2,(H,13,14). The fourth-order valence-electron chi connectivity index (χ4n) is 1.14. The van der Waals surface area contributed by atoms with Crippen LogP contribution in [0.15, 0.2) is 28.7 Å². The summed E-state index contributed by atoms with van der Waals surface area (Å²) >= 11 is 1.33. The topological polar surface area (TPSA) is 104 Å². The molecule has 0 fully saturated rings. The number of thiazole rings is 1. The Morgan fingerprint density at radius 2 is 2.24 bits per heavy atom. The summed E-state index contributed by atoms with van der Waals surface area (Å²) in [5.41, 5.74) is 8.61. The van der Waals surface area contributed by atoms with E-state index in [1.54, 1.807) is 11.4 Å². The van der Waals surface area contributed by atoms with Gasteiger partial charge in [0.1, 0.15) is 17.3 Å². The number of aromatic nitrogens is 1. The maximum atomic E-state index is 9.48. The molecule has 0 amide bonds. The molecule has 0 bridgehead atoms.